The van der Waals surface area contributed by atoms with E-state index in [0.29, 0.717) is 0 Å². The van der Waals surface area contributed by atoms with Crippen LogP contribution in [0.2, 0.25) is 0 Å². The number of hydrogen-bond acceptors (Lipinski definition) is 0. The first-order valence-electron chi connectivity index (χ1n) is 8.19. The number of unbranched alkanes of at least 4 members (excludes halogenated alkanes) is 1. The van der Waals surface area contributed by atoms with Gasteiger partial charge in [0.2, 0.25) is 0 Å². The molecular weight excluding hydrogens is 216 g/mol. The highest BCUT2D eigenvalue weighted by molar-refractivity contribution is 5.23. The molecule has 0 bridgehead atoms. The minimum absolute atomic E-state index is 0.897. The lowest BCUT2D eigenvalue weighted by Gasteiger charge is -2.19. The number of rotatable bonds is 3. The molecule has 1 saturated carbocycles. The van der Waals surface area contributed by atoms with Crippen LogP contribution in [0.15, 0.2) is 23.8 Å². The lowest BCUT2D eigenvalue weighted by atomic mass is 9.86. The first kappa shape index (κ1) is 13.9. The van der Waals surface area contributed by atoms with Crippen molar-refractivity contribution in [1.29, 1.82) is 0 Å². The van der Waals surface area contributed by atoms with Gasteiger partial charge in [0.15, 0.2) is 0 Å². The Morgan fingerprint density at radius 2 is 2.11 bits per heavy atom. The van der Waals surface area contributed by atoms with Crippen LogP contribution < -0.4 is 0 Å². The molecule has 102 valence electrons. The average molecular weight is 246 g/mol. The molecule has 0 aliphatic heterocycles. The van der Waals surface area contributed by atoms with Gasteiger partial charge in [-0.25, -0.2) is 0 Å². The van der Waals surface area contributed by atoms with Crippen LogP contribution in [0.5, 0.6) is 0 Å². The van der Waals surface area contributed by atoms with Crippen LogP contribution in [0.4, 0.5) is 0 Å². The van der Waals surface area contributed by atoms with Crippen LogP contribution in [0.1, 0.15) is 71.6 Å². The summed E-state index contributed by atoms with van der Waals surface area (Å²) in [7, 11) is 0. The Kier molecular flexibility index (Phi) is 5.53. The SMILES string of the molecule is CCCCC1CC(C)C2CCCCC/C=C/C=C/12. The van der Waals surface area contributed by atoms with Gasteiger partial charge in [-0.15, -0.1) is 0 Å². The second kappa shape index (κ2) is 7.16. The zero-order chi connectivity index (χ0) is 12.8. The summed E-state index contributed by atoms with van der Waals surface area (Å²) in [5.74, 6) is 2.72. The summed E-state index contributed by atoms with van der Waals surface area (Å²) in [4.78, 5) is 0. The highest BCUT2D eigenvalue weighted by atomic mass is 14.4. The Balaban J connectivity index is 2.10. The predicted octanol–water partition coefficient (Wildman–Crippen LogP) is 5.90. The molecule has 0 nitrogen and oxygen atoms in total. The molecule has 2 aliphatic rings. The Labute approximate surface area is 114 Å². The maximum absolute atomic E-state index is 2.49. The molecular formula is C18H30. The van der Waals surface area contributed by atoms with E-state index in [0.717, 1.165) is 17.8 Å². The number of allylic oxidation sites excluding steroid dienone is 4. The minimum atomic E-state index is 0.897. The molecule has 1 fully saturated rings. The van der Waals surface area contributed by atoms with Crippen molar-refractivity contribution in [2.75, 3.05) is 0 Å². The van der Waals surface area contributed by atoms with E-state index in [9.17, 15) is 0 Å². The molecule has 0 heteroatoms. The Bertz CT molecular complexity index is 297. The Morgan fingerprint density at radius 1 is 1.22 bits per heavy atom. The molecule has 3 atom stereocenters. The summed E-state index contributed by atoms with van der Waals surface area (Å²) in [5, 5.41) is 0. The monoisotopic (exact) mass is 246 g/mol. The average Bonchev–Trinajstić information content (AvgIpc) is 2.68. The van der Waals surface area contributed by atoms with Crippen LogP contribution in [0.25, 0.3) is 0 Å². The van der Waals surface area contributed by atoms with Gasteiger partial charge in [-0.3, -0.25) is 0 Å². The van der Waals surface area contributed by atoms with Crippen molar-refractivity contribution in [3.05, 3.63) is 23.8 Å². The van der Waals surface area contributed by atoms with Gasteiger partial charge in [-0.2, -0.15) is 0 Å². The second-order valence-electron chi connectivity index (χ2n) is 6.39. The van der Waals surface area contributed by atoms with E-state index >= 15 is 0 Å². The van der Waals surface area contributed by atoms with Gasteiger partial charge in [0, 0.05) is 0 Å². The van der Waals surface area contributed by atoms with Crippen molar-refractivity contribution in [3.63, 3.8) is 0 Å². The summed E-state index contributed by atoms with van der Waals surface area (Å²) in [5.41, 5.74) is 1.80. The predicted molar refractivity (Wildman–Crippen MR) is 80.6 cm³/mol. The van der Waals surface area contributed by atoms with Crippen LogP contribution in [-0.4, -0.2) is 0 Å². The molecule has 0 radical (unpaired) electrons. The van der Waals surface area contributed by atoms with E-state index in [1.54, 1.807) is 5.57 Å². The van der Waals surface area contributed by atoms with Gasteiger partial charge in [0.05, 0.1) is 0 Å². The maximum Gasteiger partial charge on any atom is -0.0171 e. The zero-order valence-electron chi connectivity index (χ0n) is 12.3. The van der Waals surface area contributed by atoms with E-state index in [-0.39, 0.29) is 0 Å². The van der Waals surface area contributed by atoms with Gasteiger partial charge in [-0.1, -0.05) is 63.3 Å². The van der Waals surface area contributed by atoms with E-state index < -0.39 is 0 Å². The van der Waals surface area contributed by atoms with Crippen molar-refractivity contribution in [3.8, 4) is 0 Å². The van der Waals surface area contributed by atoms with Crippen LogP contribution in [0, 0.1) is 17.8 Å². The molecule has 0 saturated heterocycles. The number of fused-ring (bicyclic) bond motifs is 1. The molecule has 0 aromatic heterocycles. The van der Waals surface area contributed by atoms with Crippen molar-refractivity contribution < 1.29 is 0 Å². The smallest absolute Gasteiger partial charge is 0.0171 e. The van der Waals surface area contributed by atoms with Crippen molar-refractivity contribution in [1.82, 2.24) is 0 Å². The largest absolute Gasteiger partial charge is 0.0845 e. The van der Waals surface area contributed by atoms with Crippen molar-refractivity contribution in [2.24, 2.45) is 17.8 Å². The maximum atomic E-state index is 2.49. The third kappa shape index (κ3) is 3.49. The highest BCUT2D eigenvalue weighted by Crippen LogP contribution is 2.45. The first-order valence-corrected chi connectivity index (χ1v) is 8.19. The molecule has 0 aromatic rings. The summed E-state index contributed by atoms with van der Waals surface area (Å²) in [6.07, 6.45) is 19.8. The molecule has 2 rings (SSSR count). The molecule has 0 N–H and O–H groups in total. The van der Waals surface area contributed by atoms with Gasteiger partial charge < -0.3 is 0 Å². The molecule has 18 heavy (non-hydrogen) atoms. The summed E-state index contributed by atoms with van der Waals surface area (Å²) in [6, 6.07) is 0. The summed E-state index contributed by atoms with van der Waals surface area (Å²) in [6.45, 7) is 4.80. The van der Waals surface area contributed by atoms with Gasteiger partial charge in [-0.05, 0) is 49.9 Å². The van der Waals surface area contributed by atoms with Crippen molar-refractivity contribution in [2.45, 2.75) is 71.6 Å². The third-order valence-electron chi connectivity index (χ3n) is 4.96. The Hall–Kier alpha value is -0.520. The molecule has 0 heterocycles. The highest BCUT2D eigenvalue weighted by Gasteiger charge is 2.34. The standard InChI is InChI=1S/C18H30/c1-3-4-11-16-14-15(2)17-12-9-7-5-6-8-10-13-18(16)17/h8,10,13,15-17H,3-7,9,11-12,14H2,1-2H3/b10-8+,18-13-. The van der Waals surface area contributed by atoms with Gasteiger partial charge >= 0.3 is 0 Å². The normalized spacial score (nSPS) is 37.7. The summed E-state index contributed by atoms with van der Waals surface area (Å²) >= 11 is 0. The fourth-order valence-corrected chi connectivity index (χ4v) is 3.90. The lowest BCUT2D eigenvalue weighted by molar-refractivity contribution is 0.406. The van der Waals surface area contributed by atoms with E-state index in [2.05, 4.69) is 32.1 Å². The zero-order valence-corrected chi connectivity index (χ0v) is 12.3. The molecule has 3 unspecified atom stereocenters. The van der Waals surface area contributed by atoms with E-state index in [4.69, 9.17) is 0 Å². The van der Waals surface area contributed by atoms with Crippen LogP contribution in [0.3, 0.4) is 0 Å². The lowest BCUT2D eigenvalue weighted by Crippen LogP contribution is -2.07. The third-order valence-corrected chi connectivity index (χ3v) is 4.96. The Morgan fingerprint density at radius 3 is 2.94 bits per heavy atom. The quantitative estimate of drug-likeness (QED) is 0.582. The molecule has 2 aliphatic carbocycles. The van der Waals surface area contributed by atoms with Crippen LogP contribution in [-0.2, 0) is 0 Å². The fraction of sp³-hybridized carbons (Fsp3) is 0.778. The molecule has 0 spiro atoms. The van der Waals surface area contributed by atoms with Crippen LogP contribution >= 0.6 is 0 Å². The first-order chi connectivity index (χ1) is 8.83. The minimum Gasteiger partial charge on any atom is -0.0845 e. The second-order valence-corrected chi connectivity index (χ2v) is 6.39. The fourth-order valence-electron chi connectivity index (χ4n) is 3.90. The topological polar surface area (TPSA) is 0 Å². The summed E-state index contributed by atoms with van der Waals surface area (Å²) < 4.78 is 0. The van der Waals surface area contributed by atoms with Gasteiger partial charge in [0.25, 0.3) is 0 Å². The van der Waals surface area contributed by atoms with Gasteiger partial charge in [0.1, 0.15) is 0 Å². The van der Waals surface area contributed by atoms with E-state index in [1.807, 2.05) is 0 Å². The van der Waals surface area contributed by atoms with E-state index in [1.165, 1.54) is 57.8 Å². The molecule has 0 aromatic carbocycles. The molecule has 0 amide bonds. The van der Waals surface area contributed by atoms with Crippen molar-refractivity contribution >= 4 is 0 Å². The number of hydrogen-bond donors (Lipinski definition) is 0.